The van der Waals surface area contributed by atoms with E-state index in [0.717, 1.165) is 0 Å². The van der Waals surface area contributed by atoms with E-state index in [1.165, 1.54) is 29.1 Å². The molecule has 1 heterocycles. The Kier molecular flexibility index (Phi) is 5.86. The second-order valence-corrected chi connectivity index (χ2v) is 7.77. The number of halogens is 4. The Balaban J connectivity index is 2.43. The van der Waals surface area contributed by atoms with E-state index in [4.69, 9.17) is 0 Å². The summed E-state index contributed by atoms with van der Waals surface area (Å²) in [5.74, 6) is 0.203. The Morgan fingerprint density at radius 3 is 2.38 bits per heavy atom. The van der Waals surface area contributed by atoms with Gasteiger partial charge in [0, 0.05) is 30.5 Å². The lowest BCUT2D eigenvalue weighted by Gasteiger charge is -2.16. The first-order valence-electron chi connectivity index (χ1n) is 6.93. The highest BCUT2D eigenvalue weighted by atomic mass is 79.9. The van der Waals surface area contributed by atoms with Crippen LogP contribution in [-0.2, 0) is 10.0 Å². The van der Waals surface area contributed by atoms with Crippen LogP contribution >= 0.6 is 15.9 Å². The molecule has 2 aromatic rings. The third kappa shape index (κ3) is 4.91. The average Bonchev–Trinajstić information content (AvgIpc) is 2.53. The molecule has 0 fully saturated rings. The molecule has 1 N–H and O–H groups in total. The molecule has 0 saturated heterocycles. The molecule has 1 aromatic carbocycles. The van der Waals surface area contributed by atoms with E-state index >= 15 is 0 Å². The molecule has 0 aliphatic heterocycles. The summed E-state index contributed by atoms with van der Waals surface area (Å²) in [6, 6.07) is 7.33. The van der Waals surface area contributed by atoms with Crippen LogP contribution in [0.1, 0.15) is 0 Å². The number of alkyl halides is 3. The zero-order valence-electron chi connectivity index (χ0n) is 13.5. The molecule has 2 rings (SSSR count). The molecule has 0 atom stereocenters. The van der Waals surface area contributed by atoms with Gasteiger partial charge in [-0.25, -0.2) is 4.98 Å². The Hall–Kier alpha value is -2.21. The third-order valence-corrected chi connectivity index (χ3v) is 4.58. The molecular formula is C14H13BrF3N5O2S. The van der Waals surface area contributed by atoms with E-state index in [1.54, 1.807) is 31.1 Å². The van der Waals surface area contributed by atoms with Gasteiger partial charge in [-0.3, -0.25) is 4.72 Å². The van der Waals surface area contributed by atoms with Gasteiger partial charge in [-0.15, -0.1) is 10.2 Å². The van der Waals surface area contributed by atoms with Crippen molar-refractivity contribution in [1.82, 2.24) is 4.98 Å². The number of rotatable bonds is 5. The Morgan fingerprint density at radius 2 is 1.85 bits per heavy atom. The van der Waals surface area contributed by atoms with Crippen molar-refractivity contribution < 1.29 is 21.6 Å². The number of benzene rings is 1. The molecule has 12 heteroatoms. The van der Waals surface area contributed by atoms with E-state index in [-0.39, 0.29) is 17.2 Å². The van der Waals surface area contributed by atoms with Crippen LogP contribution in [0, 0.1) is 0 Å². The van der Waals surface area contributed by atoms with Gasteiger partial charge in [-0.1, -0.05) is 0 Å². The van der Waals surface area contributed by atoms with Crippen molar-refractivity contribution in [3.05, 3.63) is 41.0 Å². The summed E-state index contributed by atoms with van der Waals surface area (Å²) < 4.78 is 63.1. The van der Waals surface area contributed by atoms with Gasteiger partial charge in [0.1, 0.15) is 5.69 Å². The van der Waals surface area contributed by atoms with Gasteiger partial charge in [0.2, 0.25) is 0 Å². The Labute approximate surface area is 156 Å². The molecule has 0 amide bonds. The predicted octanol–water partition coefficient (Wildman–Crippen LogP) is 4.59. The topological polar surface area (TPSA) is 87.0 Å². The van der Waals surface area contributed by atoms with E-state index in [9.17, 15) is 21.6 Å². The van der Waals surface area contributed by atoms with Gasteiger partial charge >= 0.3 is 15.5 Å². The molecule has 0 saturated carbocycles. The molecule has 0 spiro atoms. The standard InChI is InChI=1S/C14H13BrF3N5O2S/c1-23(2)10-4-5-11(20-21-13-6-3-9(15)8-19-13)12(7-10)22-26(24,25)14(16,17)18/h3-8,22H,1-2H3. The van der Waals surface area contributed by atoms with Crippen molar-refractivity contribution in [1.29, 1.82) is 0 Å². The largest absolute Gasteiger partial charge is 0.516 e. The molecule has 1 aromatic heterocycles. The molecule has 0 aliphatic carbocycles. The summed E-state index contributed by atoms with van der Waals surface area (Å²) in [5, 5.41) is 7.62. The molecule has 0 radical (unpaired) electrons. The first kappa shape index (κ1) is 20.1. The predicted molar refractivity (Wildman–Crippen MR) is 95.5 cm³/mol. The number of azo groups is 1. The molecule has 26 heavy (non-hydrogen) atoms. The van der Waals surface area contributed by atoms with Gasteiger partial charge in [0.15, 0.2) is 5.82 Å². The maximum absolute atomic E-state index is 12.7. The molecule has 0 unspecified atom stereocenters. The first-order valence-corrected chi connectivity index (χ1v) is 9.21. The summed E-state index contributed by atoms with van der Waals surface area (Å²) in [6.45, 7) is 0. The van der Waals surface area contributed by atoms with E-state index in [2.05, 4.69) is 31.1 Å². The highest BCUT2D eigenvalue weighted by Crippen LogP contribution is 2.34. The summed E-state index contributed by atoms with van der Waals surface area (Å²) in [7, 11) is -2.28. The maximum Gasteiger partial charge on any atom is 0.516 e. The van der Waals surface area contributed by atoms with Crippen LogP contribution in [0.4, 0.5) is 36.1 Å². The van der Waals surface area contributed by atoms with E-state index in [0.29, 0.717) is 10.2 Å². The van der Waals surface area contributed by atoms with Crippen LogP contribution in [0.25, 0.3) is 0 Å². The van der Waals surface area contributed by atoms with Gasteiger partial charge in [0.05, 0.1) is 5.69 Å². The van der Waals surface area contributed by atoms with Gasteiger partial charge < -0.3 is 4.90 Å². The van der Waals surface area contributed by atoms with Crippen LogP contribution in [0.2, 0.25) is 0 Å². The van der Waals surface area contributed by atoms with Crippen molar-refractivity contribution in [2.24, 2.45) is 10.2 Å². The smallest absolute Gasteiger partial charge is 0.378 e. The number of anilines is 2. The van der Waals surface area contributed by atoms with Crippen molar-refractivity contribution in [3.8, 4) is 0 Å². The Bertz CT molecular complexity index is 915. The molecule has 0 aliphatic rings. The van der Waals surface area contributed by atoms with Crippen molar-refractivity contribution in [2.45, 2.75) is 5.51 Å². The number of hydrogen-bond donors (Lipinski definition) is 1. The van der Waals surface area contributed by atoms with Gasteiger partial charge in [-0.2, -0.15) is 21.6 Å². The van der Waals surface area contributed by atoms with E-state index in [1.807, 2.05) is 0 Å². The van der Waals surface area contributed by atoms with E-state index < -0.39 is 15.5 Å². The van der Waals surface area contributed by atoms with Crippen LogP contribution in [0.5, 0.6) is 0 Å². The summed E-state index contributed by atoms with van der Waals surface area (Å²) in [4.78, 5) is 5.55. The highest BCUT2D eigenvalue weighted by Gasteiger charge is 2.46. The fourth-order valence-corrected chi connectivity index (χ4v) is 2.51. The number of pyridine rings is 1. The van der Waals surface area contributed by atoms with Crippen LogP contribution in [0.15, 0.2) is 51.2 Å². The quantitative estimate of drug-likeness (QED) is 0.673. The number of nitrogens with one attached hydrogen (secondary N) is 1. The SMILES string of the molecule is CN(C)c1ccc(N=Nc2ccc(Br)cn2)c(NS(=O)(=O)C(F)(F)F)c1. The lowest BCUT2D eigenvalue weighted by molar-refractivity contribution is -0.0429. The monoisotopic (exact) mass is 451 g/mol. The van der Waals surface area contributed by atoms with Gasteiger partial charge in [-0.05, 0) is 46.3 Å². The lowest BCUT2D eigenvalue weighted by Crippen LogP contribution is -2.30. The highest BCUT2D eigenvalue weighted by molar-refractivity contribution is 9.10. The maximum atomic E-state index is 12.7. The minimum Gasteiger partial charge on any atom is -0.378 e. The van der Waals surface area contributed by atoms with Crippen molar-refractivity contribution in [3.63, 3.8) is 0 Å². The zero-order valence-corrected chi connectivity index (χ0v) is 15.9. The summed E-state index contributed by atoms with van der Waals surface area (Å²) in [5.41, 5.74) is -5.42. The Morgan fingerprint density at radius 1 is 1.15 bits per heavy atom. The summed E-state index contributed by atoms with van der Waals surface area (Å²) in [6.07, 6.45) is 1.47. The zero-order chi connectivity index (χ0) is 19.5. The minimum atomic E-state index is -5.60. The fraction of sp³-hybridized carbons (Fsp3) is 0.214. The molecule has 7 nitrogen and oxygen atoms in total. The van der Waals surface area contributed by atoms with Crippen molar-refractivity contribution >= 4 is 48.8 Å². The number of aromatic nitrogens is 1. The third-order valence-electron chi connectivity index (χ3n) is 3.02. The van der Waals surface area contributed by atoms with Crippen molar-refractivity contribution in [2.75, 3.05) is 23.7 Å². The number of nitrogens with zero attached hydrogens (tertiary/aromatic N) is 4. The van der Waals surface area contributed by atoms with Crippen LogP contribution < -0.4 is 9.62 Å². The van der Waals surface area contributed by atoms with Crippen LogP contribution in [-0.4, -0.2) is 33.0 Å². The summed E-state index contributed by atoms with van der Waals surface area (Å²) >= 11 is 3.20. The first-order chi connectivity index (χ1) is 12.0. The fourth-order valence-electron chi connectivity index (χ4n) is 1.71. The second kappa shape index (κ2) is 7.58. The molecule has 140 valence electrons. The number of hydrogen-bond acceptors (Lipinski definition) is 6. The second-order valence-electron chi connectivity index (χ2n) is 5.18. The van der Waals surface area contributed by atoms with Gasteiger partial charge in [0.25, 0.3) is 0 Å². The average molecular weight is 452 g/mol. The molecular weight excluding hydrogens is 439 g/mol. The van der Waals surface area contributed by atoms with Crippen LogP contribution in [0.3, 0.4) is 0 Å². The lowest BCUT2D eigenvalue weighted by atomic mass is 10.2. The minimum absolute atomic E-state index is 0.0897. The molecule has 0 bridgehead atoms. The normalized spacial score (nSPS) is 12.4. The number of sulfonamides is 1.